The van der Waals surface area contributed by atoms with E-state index in [0.29, 0.717) is 0 Å². The first-order chi connectivity index (χ1) is 11.6. The van der Waals surface area contributed by atoms with Crippen molar-refractivity contribution in [2.75, 3.05) is 6.54 Å². The van der Waals surface area contributed by atoms with Gasteiger partial charge in [0, 0.05) is 35.3 Å². The van der Waals surface area contributed by atoms with Crippen LogP contribution in [0.25, 0.3) is 0 Å². The predicted molar refractivity (Wildman–Crippen MR) is 97.0 cm³/mol. The molecule has 0 unspecified atom stereocenters. The molecule has 5 nitrogen and oxygen atoms in total. The Labute approximate surface area is 147 Å². The van der Waals surface area contributed by atoms with Crippen LogP contribution in [0.1, 0.15) is 54.4 Å². The molecule has 1 aliphatic heterocycles. The van der Waals surface area contributed by atoms with Crippen molar-refractivity contribution in [3.05, 3.63) is 39.3 Å². The number of nitrogens with one attached hydrogen (secondary N) is 2. The van der Waals surface area contributed by atoms with Gasteiger partial charge < -0.3 is 4.90 Å². The molecule has 0 saturated heterocycles. The number of fused-ring (bicyclic) bond motifs is 1. The summed E-state index contributed by atoms with van der Waals surface area (Å²) >= 11 is 1.80. The van der Waals surface area contributed by atoms with Gasteiger partial charge in [0.25, 0.3) is 0 Å². The first-order valence-corrected chi connectivity index (χ1v) is 9.58. The maximum atomic E-state index is 13.1. The average Bonchev–Trinajstić information content (AvgIpc) is 3.21. The number of rotatable bonds is 6. The van der Waals surface area contributed by atoms with Gasteiger partial charge in [-0.2, -0.15) is 5.10 Å². The third-order valence-corrected chi connectivity index (χ3v) is 5.80. The van der Waals surface area contributed by atoms with Gasteiger partial charge in [-0.05, 0) is 43.7 Å². The van der Waals surface area contributed by atoms with Crippen LogP contribution < -0.4 is 5.32 Å². The number of aromatic nitrogens is 2. The van der Waals surface area contributed by atoms with Crippen molar-refractivity contribution in [3.8, 4) is 0 Å². The van der Waals surface area contributed by atoms with Crippen molar-refractivity contribution >= 4 is 17.2 Å². The Balaban J connectivity index is 1.69. The van der Waals surface area contributed by atoms with E-state index in [-0.39, 0.29) is 18.0 Å². The molecule has 3 heterocycles. The van der Waals surface area contributed by atoms with E-state index in [9.17, 15) is 4.79 Å². The Kier molecular flexibility index (Phi) is 5.36. The SMILES string of the molecule is CCC[C@@H](N[C@H](C)c1cn[nH]c1C)C(=O)N1CCc2sccc2C1. The van der Waals surface area contributed by atoms with E-state index in [4.69, 9.17) is 0 Å². The summed E-state index contributed by atoms with van der Waals surface area (Å²) in [6, 6.07) is 2.12. The summed E-state index contributed by atoms with van der Waals surface area (Å²) in [5.74, 6) is 0.224. The fourth-order valence-corrected chi connectivity index (χ4v) is 4.30. The minimum atomic E-state index is -0.139. The fourth-order valence-electron chi connectivity index (χ4n) is 3.41. The molecule has 1 amide bonds. The number of aromatic amines is 1. The Bertz CT molecular complexity index is 693. The number of carbonyl (C=O) groups is 1. The highest BCUT2D eigenvalue weighted by molar-refractivity contribution is 7.10. The predicted octanol–water partition coefficient (Wildman–Crippen LogP) is 3.18. The number of carbonyl (C=O) groups excluding carboxylic acids is 1. The highest BCUT2D eigenvalue weighted by Crippen LogP contribution is 2.25. The summed E-state index contributed by atoms with van der Waals surface area (Å²) in [6.07, 6.45) is 4.66. The molecule has 1 aliphatic rings. The first-order valence-electron chi connectivity index (χ1n) is 8.70. The molecule has 0 aliphatic carbocycles. The zero-order valence-electron chi connectivity index (χ0n) is 14.6. The number of aryl methyl sites for hydroxylation is 1. The van der Waals surface area contributed by atoms with Gasteiger partial charge in [0.15, 0.2) is 0 Å². The monoisotopic (exact) mass is 346 g/mol. The Hall–Kier alpha value is -1.66. The number of hydrogen-bond acceptors (Lipinski definition) is 4. The lowest BCUT2D eigenvalue weighted by Gasteiger charge is -2.32. The maximum absolute atomic E-state index is 13.1. The van der Waals surface area contributed by atoms with Gasteiger partial charge in [0.2, 0.25) is 5.91 Å². The van der Waals surface area contributed by atoms with Gasteiger partial charge in [-0.15, -0.1) is 11.3 Å². The van der Waals surface area contributed by atoms with Crippen molar-refractivity contribution in [2.24, 2.45) is 0 Å². The van der Waals surface area contributed by atoms with E-state index in [2.05, 4.69) is 40.8 Å². The molecule has 2 atom stereocenters. The van der Waals surface area contributed by atoms with Crippen LogP contribution in [-0.4, -0.2) is 33.6 Å². The minimum absolute atomic E-state index is 0.103. The molecule has 0 spiro atoms. The highest BCUT2D eigenvalue weighted by Gasteiger charge is 2.28. The second-order valence-corrected chi connectivity index (χ2v) is 7.56. The van der Waals surface area contributed by atoms with Crippen LogP contribution in [-0.2, 0) is 17.8 Å². The molecule has 0 radical (unpaired) electrons. The third kappa shape index (κ3) is 3.54. The van der Waals surface area contributed by atoms with E-state index in [1.54, 1.807) is 11.3 Å². The lowest BCUT2D eigenvalue weighted by Crippen LogP contribution is -2.48. The quantitative estimate of drug-likeness (QED) is 0.844. The van der Waals surface area contributed by atoms with E-state index in [1.165, 1.54) is 10.4 Å². The molecule has 3 rings (SSSR count). The Morgan fingerprint density at radius 3 is 3.08 bits per heavy atom. The van der Waals surface area contributed by atoms with Crippen molar-refractivity contribution in [1.29, 1.82) is 0 Å². The Morgan fingerprint density at radius 1 is 1.54 bits per heavy atom. The summed E-state index contributed by atoms with van der Waals surface area (Å²) < 4.78 is 0. The highest BCUT2D eigenvalue weighted by atomic mass is 32.1. The van der Waals surface area contributed by atoms with Gasteiger partial charge in [0.1, 0.15) is 0 Å². The van der Waals surface area contributed by atoms with Gasteiger partial charge in [-0.25, -0.2) is 0 Å². The van der Waals surface area contributed by atoms with Crippen LogP contribution >= 0.6 is 11.3 Å². The molecule has 2 aromatic heterocycles. The summed E-state index contributed by atoms with van der Waals surface area (Å²) in [5, 5.41) is 12.7. The normalized spacial score (nSPS) is 16.7. The van der Waals surface area contributed by atoms with Crippen LogP contribution in [0, 0.1) is 6.92 Å². The van der Waals surface area contributed by atoms with Crippen LogP contribution in [0.2, 0.25) is 0 Å². The zero-order valence-corrected chi connectivity index (χ0v) is 15.4. The van der Waals surface area contributed by atoms with Crippen LogP contribution in [0.4, 0.5) is 0 Å². The number of thiophene rings is 1. The molecular formula is C18H26N4OS. The van der Waals surface area contributed by atoms with Crippen molar-refractivity contribution in [3.63, 3.8) is 0 Å². The molecule has 0 fully saturated rings. The molecule has 0 aromatic carbocycles. The number of H-pyrrole nitrogens is 1. The van der Waals surface area contributed by atoms with E-state index in [0.717, 1.165) is 43.6 Å². The lowest BCUT2D eigenvalue weighted by atomic mass is 10.0. The molecule has 0 saturated carbocycles. The van der Waals surface area contributed by atoms with Gasteiger partial charge in [0.05, 0.1) is 12.2 Å². The third-order valence-electron chi connectivity index (χ3n) is 4.78. The van der Waals surface area contributed by atoms with E-state index < -0.39 is 0 Å². The molecule has 2 aromatic rings. The van der Waals surface area contributed by atoms with Crippen LogP contribution in [0.15, 0.2) is 17.6 Å². The Morgan fingerprint density at radius 2 is 2.38 bits per heavy atom. The summed E-state index contributed by atoms with van der Waals surface area (Å²) in [5.41, 5.74) is 3.50. The minimum Gasteiger partial charge on any atom is -0.337 e. The molecule has 24 heavy (non-hydrogen) atoms. The van der Waals surface area contributed by atoms with Crippen molar-refractivity contribution in [1.82, 2.24) is 20.4 Å². The molecular weight excluding hydrogens is 320 g/mol. The topological polar surface area (TPSA) is 61.0 Å². The summed E-state index contributed by atoms with van der Waals surface area (Å²) in [6.45, 7) is 7.82. The molecule has 2 N–H and O–H groups in total. The second kappa shape index (κ2) is 7.49. The molecule has 0 bridgehead atoms. The summed E-state index contributed by atoms with van der Waals surface area (Å²) in [7, 11) is 0. The second-order valence-electron chi connectivity index (χ2n) is 6.56. The van der Waals surface area contributed by atoms with Crippen molar-refractivity contribution < 1.29 is 4.79 Å². The molecule has 130 valence electrons. The van der Waals surface area contributed by atoms with Gasteiger partial charge in [-0.1, -0.05) is 13.3 Å². The number of amides is 1. The first kappa shape index (κ1) is 17.2. The van der Waals surface area contributed by atoms with Crippen LogP contribution in [0.5, 0.6) is 0 Å². The standard InChI is InChI=1S/C18H26N4OS/c1-4-5-16(20-12(2)15-10-19-21-13(15)3)18(23)22-8-6-17-14(11-22)7-9-24-17/h7,9-10,12,16,20H,4-6,8,11H2,1-3H3,(H,19,21)/t12-,16-/m1/s1. The average molecular weight is 347 g/mol. The maximum Gasteiger partial charge on any atom is 0.240 e. The summed E-state index contributed by atoms with van der Waals surface area (Å²) in [4.78, 5) is 16.5. The lowest BCUT2D eigenvalue weighted by molar-refractivity contribution is -0.134. The smallest absolute Gasteiger partial charge is 0.240 e. The van der Waals surface area contributed by atoms with E-state index in [1.807, 2.05) is 18.0 Å². The molecule has 6 heteroatoms. The van der Waals surface area contributed by atoms with Crippen molar-refractivity contribution in [2.45, 2.75) is 58.7 Å². The number of hydrogen-bond donors (Lipinski definition) is 2. The van der Waals surface area contributed by atoms with Gasteiger partial charge in [-0.3, -0.25) is 15.2 Å². The van der Waals surface area contributed by atoms with Crippen LogP contribution in [0.3, 0.4) is 0 Å². The fraction of sp³-hybridized carbons (Fsp3) is 0.556. The van der Waals surface area contributed by atoms with Gasteiger partial charge >= 0.3 is 0 Å². The zero-order chi connectivity index (χ0) is 17.1. The van der Waals surface area contributed by atoms with E-state index >= 15 is 0 Å². The largest absolute Gasteiger partial charge is 0.337 e. The number of nitrogens with zero attached hydrogens (tertiary/aromatic N) is 2.